The van der Waals surface area contributed by atoms with E-state index in [2.05, 4.69) is 9.72 Å². The van der Waals surface area contributed by atoms with Gasteiger partial charge in [0.25, 0.3) is 5.69 Å². The molecular formula is C9H10N2O4. The minimum Gasteiger partial charge on any atom is -0.466 e. The monoisotopic (exact) mass is 210 g/mol. The molecule has 0 aromatic carbocycles. The number of carbonyl (C=O) groups is 1. The normalized spacial score (nSPS) is 9.67. The van der Waals surface area contributed by atoms with Gasteiger partial charge in [0.15, 0.2) is 0 Å². The van der Waals surface area contributed by atoms with Crippen molar-refractivity contribution in [2.24, 2.45) is 0 Å². The van der Waals surface area contributed by atoms with E-state index < -0.39 is 10.9 Å². The Balaban J connectivity index is 2.84. The van der Waals surface area contributed by atoms with Crippen molar-refractivity contribution in [2.75, 3.05) is 6.61 Å². The van der Waals surface area contributed by atoms with Crippen LogP contribution in [0.25, 0.3) is 0 Å². The van der Waals surface area contributed by atoms with E-state index in [1.54, 1.807) is 6.92 Å². The molecule has 1 aromatic heterocycles. The van der Waals surface area contributed by atoms with Crippen molar-refractivity contribution in [3.8, 4) is 0 Å². The molecule has 0 aliphatic carbocycles. The number of ether oxygens (including phenoxy) is 1. The van der Waals surface area contributed by atoms with Crippen LogP contribution < -0.4 is 0 Å². The van der Waals surface area contributed by atoms with Gasteiger partial charge < -0.3 is 4.74 Å². The average molecular weight is 210 g/mol. The van der Waals surface area contributed by atoms with E-state index in [4.69, 9.17) is 0 Å². The number of carbonyl (C=O) groups excluding carboxylic acids is 1. The largest absolute Gasteiger partial charge is 0.466 e. The van der Waals surface area contributed by atoms with E-state index in [-0.39, 0.29) is 24.4 Å². The van der Waals surface area contributed by atoms with Crippen LogP contribution in [-0.2, 0) is 16.0 Å². The molecule has 0 saturated carbocycles. The first-order valence-corrected chi connectivity index (χ1v) is 4.39. The number of aromatic nitrogens is 1. The lowest BCUT2D eigenvalue weighted by atomic mass is 10.2. The molecule has 1 aromatic rings. The summed E-state index contributed by atoms with van der Waals surface area (Å²) >= 11 is 0. The van der Waals surface area contributed by atoms with E-state index in [0.717, 1.165) is 0 Å². The summed E-state index contributed by atoms with van der Waals surface area (Å²) in [7, 11) is 0. The Hall–Kier alpha value is -1.98. The summed E-state index contributed by atoms with van der Waals surface area (Å²) in [5.41, 5.74) is -0.0356. The molecule has 6 nitrogen and oxygen atoms in total. The van der Waals surface area contributed by atoms with Crippen molar-refractivity contribution in [3.63, 3.8) is 0 Å². The third kappa shape index (κ3) is 3.01. The standard InChI is InChI=1S/C9H10N2O4/c1-2-15-9(12)6-7-8(11(13)14)4-3-5-10-7/h3-5H,2,6H2,1H3. The zero-order valence-electron chi connectivity index (χ0n) is 8.17. The molecule has 0 bridgehead atoms. The van der Waals surface area contributed by atoms with Crippen molar-refractivity contribution < 1.29 is 14.5 Å². The van der Waals surface area contributed by atoms with Crippen LogP contribution in [-0.4, -0.2) is 22.5 Å². The Labute approximate surface area is 86.0 Å². The molecule has 0 amide bonds. The van der Waals surface area contributed by atoms with Crippen LogP contribution in [0.1, 0.15) is 12.6 Å². The summed E-state index contributed by atoms with van der Waals surface area (Å²) in [5, 5.41) is 10.6. The Morgan fingerprint density at radius 1 is 1.67 bits per heavy atom. The maximum Gasteiger partial charge on any atom is 0.312 e. The fraction of sp³-hybridized carbons (Fsp3) is 0.333. The molecule has 15 heavy (non-hydrogen) atoms. The quantitative estimate of drug-likeness (QED) is 0.422. The molecule has 0 unspecified atom stereocenters. The number of rotatable bonds is 4. The van der Waals surface area contributed by atoms with Gasteiger partial charge in [0, 0.05) is 12.3 Å². The van der Waals surface area contributed by atoms with E-state index in [1.165, 1.54) is 18.3 Å². The third-order valence-electron chi connectivity index (χ3n) is 1.68. The number of pyridine rings is 1. The molecule has 0 radical (unpaired) electrons. The second kappa shape index (κ2) is 5.04. The predicted octanol–water partition coefficient (Wildman–Crippen LogP) is 1.10. The summed E-state index contributed by atoms with van der Waals surface area (Å²) < 4.78 is 4.68. The zero-order valence-corrected chi connectivity index (χ0v) is 8.17. The molecule has 0 N–H and O–H groups in total. The van der Waals surface area contributed by atoms with Crippen molar-refractivity contribution in [1.82, 2.24) is 4.98 Å². The van der Waals surface area contributed by atoms with Gasteiger partial charge in [0.05, 0.1) is 18.0 Å². The van der Waals surface area contributed by atoms with Crippen LogP contribution in [0.3, 0.4) is 0 Å². The Bertz CT molecular complexity index is 378. The fourth-order valence-electron chi connectivity index (χ4n) is 1.08. The summed E-state index contributed by atoms with van der Waals surface area (Å²) in [5.74, 6) is -0.515. The molecule has 0 fully saturated rings. The lowest BCUT2D eigenvalue weighted by molar-refractivity contribution is -0.385. The molecule has 0 aliphatic rings. The first-order valence-electron chi connectivity index (χ1n) is 4.39. The molecule has 0 saturated heterocycles. The molecule has 1 rings (SSSR count). The minimum atomic E-state index is -0.568. The molecule has 1 heterocycles. The molecular weight excluding hydrogens is 200 g/mol. The Morgan fingerprint density at radius 3 is 3.00 bits per heavy atom. The van der Waals surface area contributed by atoms with E-state index in [0.29, 0.717) is 0 Å². The summed E-state index contributed by atoms with van der Waals surface area (Å²) in [6.07, 6.45) is 1.23. The van der Waals surface area contributed by atoms with Gasteiger partial charge in [-0.05, 0) is 13.0 Å². The fourth-order valence-corrected chi connectivity index (χ4v) is 1.08. The SMILES string of the molecule is CCOC(=O)Cc1ncccc1[N+](=O)[O-]. The van der Waals surface area contributed by atoms with E-state index in [1.807, 2.05) is 0 Å². The highest BCUT2D eigenvalue weighted by molar-refractivity contribution is 5.73. The lowest BCUT2D eigenvalue weighted by Gasteiger charge is -2.01. The van der Waals surface area contributed by atoms with Gasteiger partial charge in [-0.25, -0.2) is 0 Å². The van der Waals surface area contributed by atoms with Gasteiger partial charge in [-0.2, -0.15) is 0 Å². The average Bonchev–Trinajstić information content (AvgIpc) is 2.18. The number of nitrogens with zero attached hydrogens (tertiary/aromatic N) is 2. The Kier molecular flexibility index (Phi) is 3.73. The maximum absolute atomic E-state index is 11.1. The maximum atomic E-state index is 11.1. The van der Waals surface area contributed by atoms with Gasteiger partial charge in [-0.3, -0.25) is 19.9 Å². The first kappa shape index (κ1) is 11.1. The highest BCUT2D eigenvalue weighted by Crippen LogP contribution is 2.15. The van der Waals surface area contributed by atoms with Gasteiger partial charge >= 0.3 is 5.97 Å². The van der Waals surface area contributed by atoms with E-state index >= 15 is 0 Å². The molecule has 0 atom stereocenters. The van der Waals surface area contributed by atoms with E-state index in [9.17, 15) is 14.9 Å². The minimum absolute atomic E-state index is 0.126. The Morgan fingerprint density at radius 2 is 2.40 bits per heavy atom. The van der Waals surface area contributed by atoms with Gasteiger partial charge in [0.1, 0.15) is 5.69 Å². The summed E-state index contributed by atoms with van der Waals surface area (Å²) in [6.45, 7) is 1.92. The number of esters is 1. The topological polar surface area (TPSA) is 82.3 Å². The van der Waals surface area contributed by atoms with Crippen molar-refractivity contribution in [1.29, 1.82) is 0 Å². The van der Waals surface area contributed by atoms with Gasteiger partial charge in [-0.1, -0.05) is 0 Å². The van der Waals surface area contributed by atoms with Crippen molar-refractivity contribution in [2.45, 2.75) is 13.3 Å². The second-order valence-corrected chi connectivity index (χ2v) is 2.71. The first-order chi connectivity index (χ1) is 7.15. The summed E-state index contributed by atoms with van der Waals surface area (Å²) in [4.78, 5) is 24.9. The molecule has 6 heteroatoms. The second-order valence-electron chi connectivity index (χ2n) is 2.71. The van der Waals surface area contributed by atoms with Gasteiger partial charge in [0.2, 0.25) is 0 Å². The number of nitro groups is 1. The molecule has 80 valence electrons. The van der Waals surface area contributed by atoms with Crippen LogP contribution in [0.15, 0.2) is 18.3 Å². The summed E-state index contributed by atoms with van der Waals surface area (Å²) in [6, 6.07) is 2.76. The van der Waals surface area contributed by atoms with Crippen molar-refractivity contribution >= 4 is 11.7 Å². The predicted molar refractivity (Wildman–Crippen MR) is 51.2 cm³/mol. The van der Waals surface area contributed by atoms with Crippen LogP contribution in [0.5, 0.6) is 0 Å². The molecule has 0 spiro atoms. The third-order valence-corrected chi connectivity index (χ3v) is 1.68. The number of hydrogen-bond donors (Lipinski definition) is 0. The van der Waals surface area contributed by atoms with Crippen LogP contribution in [0.4, 0.5) is 5.69 Å². The van der Waals surface area contributed by atoms with Crippen molar-refractivity contribution in [3.05, 3.63) is 34.1 Å². The zero-order chi connectivity index (χ0) is 11.3. The van der Waals surface area contributed by atoms with Crippen LogP contribution >= 0.6 is 0 Å². The van der Waals surface area contributed by atoms with Crippen LogP contribution in [0.2, 0.25) is 0 Å². The molecule has 0 aliphatic heterocycles. The van der Waals surface area contributed by atoms with Crippen LogP contribution in [0, 0.1) is 10.1 Å². The highest BCUT2D eigenvalue weighted by atomic mass is 16.6. The number of hydrogen-bond acceptors (Lipinski definition) is 5. The van der Waals surface area contributed by atoms with Gasteiger partial charge in [-0.15, -0.1) is 0 Å². The smallest absolute Gasteiger partial charge is 0.312 e. The lowest BCUT2D eigenvalue weighted by Crippen LogP contribution is -2.10. The highest BCUT2D eigenvalue weighted by Gasteiger charge is 2.17.